The van der Waals surface area contributed by atoms with Crippen LogP contribution < -0.4 is 5.11 Å². The van der Waals surface area contributed by atoms with E-state index in [-0.39, 0.29) is 38.6 Å². The van der Waals surface area contributed by atoms with Crippen LogP contribution in [-0.2, 0) is 33.3 Å². The fourth-order valence-corrected chi connectivity index (χ4v) is 7.53. The number of carboxylic acids is 1. The van der Waals surface area contributed by atoms with Gasteiger partial charge in [-0.15, -0.1) is 0 Å². The van der Waals surface area contributed by atoms with Crippen LogP contribution in [0.25, 0.3) is 0 Å². The zero-order valence-corrected chi connectivity index (χ0v) is 42.0. The van der Waals surface area contributed by atoms with Gasteiger partial charge in [0, 0.05) is 12.8 Å². The number of unbranched alkanes of at least 4 members (excludes halogenated alkanes) is 30. The second kappa shape index (κ2) is 46.3. The van der Waals surface area contributed by atoms with Crippen LogP contribution in [0.15, 0.2) is 24.3 Å². The summed E-state index contributed by atoms with van der Waals surface area (Å²) in [6, 6.07) is 0. The summed E-state index contributed by atoms with van der Waals surface area (Å²) in [6.07, 6.45) is 49.2. The summed E-state index contributed by atoms with van der Waals surface area (Å²) in [6.45, 7) is 4.76. The predicted molar refractivity (Wildman–Crippen MR) is 260 cm³/mol. The number of quaternary nitrogens is 1. The molecular weight excluding hydrogens is 791 g/mol. The van der Waals surface area contributed by atoms with E-state index in [1.165, 1.54) is 173 Å². The van der Waals surface area contributed by atoms with Crippen LogP contribution in [0.5, 0.6) is 0 Å². The molecule has 0 aliphatic carbocycles. The molecule has 0 rings (SSSR count). The Balaban J connectivity index is 4.31. The van der Waals surface area contributed by atoms with Crippen LogP contribution >= 0.6 is 0 Å². The van der Waals surface area contributed by atoms with Crippen molar-refractivity contribution < 1.29 is 42.9 Å². The number of likely N-dealkylation sites (N-methyl/N-ethyl adjacent to an activating group) is 1. The summed E-state index contributed by atoms with van der Waals surface area (Å²) < 4.78 is 22.6. The SMILES string of the molecule is CCCCCCCC/C=C\CCCCCCCCCC(=O)OCC(COC(OCC[N+](C)(C)C)C(=O)[O-])OC(=O)CCCCCCCCCCC/C=C\CCCCCCCCCC. The fraction of sp³-hybridized carbons (Fsp3) is 0.870. The molecule has 0 fully saturated rings. The molecule has 63 heavy (non-hydrogen) atoms. The van der Waals surface area contributed by atoms with Crippen molar-refractivity contribution in [3.05, 3.63) is 24.3 Å². The molecule has 0 radical (unpaired) electrons. The molecule has 370 valence electrons. The molecule has 0 saturated heterocycles. The van der Waals surface area contributed by atoms with Gasteiger partial charge in [-0.05, 0) is 64.2 Å². The Labute approximate surface area is 388 Å². The average Bonchev–Trinajstić information content (AvgIpc) is 3.24. The Morgan fingerprint density at radius 2 is 0.810 bits per heavy atom. The number of rotatable bonds is 49. The Morgan fingerprint density at radius 1 is 0.460 bits per heavy atom. The summed E-state index contributed by atoms with van der Waals surface area (Å²) in [5.41, 5.74) is 0. The van der Waals surface area contributed by atoms with Crippen molar-refractivity contribution in [3.63, 3.8) is 0 Å². The maximum atomic E-state index is 12.8. The van der Waals surface area contributed by atoms with Crippen molar-refractivity contribution in [1.82, 2.24) is 0 Å². The molecule has 0 bridgehead atoms. The highest BCUT2D eigenvalue weighted by Crippen LogP contribution is 2.15. The topological polar surface area (TPSA) is 111 Å². The maximum absolute atomic E-state index is 12.8. The molecule has 0 heterocycles. The summed E-state index contributed by atoms with van der Waals surface area (Å²) in [5.74, 6) is -2.28. The van der Waals surface area contributed by atoms with E-state index in [1.54, 1.807) is 0 Å². The first-order valence-electron chi connectivity index (χ1n) is 26.5. The van der Waals surface area contributed by atoms with Crippen LogP contribution in [0.3, 0.4) is 0 Å². The van der Waals surface area contributed by atoms with E-state index in [0.717, 1.165) is 38.5 Å². The minimum absolute atomic E-state index is 0.148. The van der Waals surface area contributed by atoms with Crippen LogP contribution in [-0.4, -0.2) is 82.3 Å². The third-order valence-electron chi connectivity index (χ3n) is 11.7. The molecule has 0 N–H and O–H groups in total. The molecule has 9 heteroatoms. The fourth-order valence-electron chi connectivity index (χ4n) is 7.53. The van der Waals surface area contributed by atoms with Crippen molar-refractivity contribution in [1.29, 1.82) is 0 Å². The smallest absolute Gasteiger partial charge is 0.306 e. The summed E-state index contributed by atoms with van der Waals surface area (Å²) in [7, 11) is 5.92. The molecule has 0 aromatic rings. The van der Waals surface area contributed by atoms with Crippen molar-refractivity contribution in [3.8, 4) is 0 Å². The van der Waals surface area contributed by atoms with Gasteiger partial charge in [0.15, 0.2) is 12.4 Å². The van der Waals surface area contributed by atoms with Gasteiger partial charge in [-0.25, -0.2) is 0 Å². The van der Waals surface area contributed by atoms with E-state index in [9.17, 15) is 19.5 Å². The van der Waals surface area contributed by atoms with E-state index >= 15 is 0 Å². The van der Waals surface area contributed by atoms with E-state index in [0.29, 0.717) is 17.4 Å². The third kappa shape index (κ3) is 47.5. The highest BCUT2D eigenvalue weighted by Gasteiger charge is 2.22. The van der Waals surface area contributed by atoms with Gasteiger partial charge in [-0.2, -0.15) is 0 Å². The second-order valence-corrected chi connectivity index (χ2v) is 19.2. The lowest BCUT2D eigenvalue weighted by molar-refractivity contribution is -0.870. The van der Waals surface area contributed by atoms with Gasteiger partial charge in [0.2, 0.25) is 0 Å². The predicted octanol–water partition coefficient (Wildman–Crippen LogP) is 13.5. The van der Waals surface area contributed by atoms with Crippen LogP contribution in [0.2, 0.25) is 0 Å². The summed E-state index contributed by atoms with van der Waals surface area (Å²) in [4.78, 5) is 37.2. The number of hydrogen-bond donors (Lipinski definition) is 0. The van der Waals surface area contributed by atoms with Gasteiger partial charge in [0.1, 0.15) is 13.2 Å². The minimum Gasteiger partial charge on any atom is -0.545 e. The Morgan fingerprint density at radius 3 is 1.17 bits per heavy atom. The van der Waals surface area contributed by atoms with Gasteiger partial charge >= 0.3 is 11.9 Å². The van der Waals surface area contributed by atoms with E-state index in [1.807, 2.05) is 21.1 Å². The molecule has 0 amide bonds. The van der Waals surface area contributed by atoms with Crippen molar-refractivity contribution in [2.75, 3.05) is 47.5 Å². The maximum Gasteiger partial charge on any atom is 0.306 e. The molecule has 0 saturated carbocycles. The lowest BCUT2D eigenvalue weighted by Crippen LogP contribution is -2.44. The normalized spacial score (nSPS) is 13.0. The molecule has 9 nitrogen and oxygen atoms in total. The lowest BCUT2D eigenvalue weighted by Gasteiger charge is -2.26. The van der Waals surface area contributed by atoms with Crippen LogP contribution in [0, 0.1) is 0 Å². The number of nitrogens with zero attached hydrogens (tertiary/aromatic N) is 1. The van der Waals surface area contributed by atoms with Gasteiger partial charge in [0.05, 0.1) is 40.3 Å². The highest BCUT2D eigenvalue weighted by atomic mass is 16.7. The zero-order chi connectivity index (χ0) is 46.3. The number of carbonyl (C=O) groups is 3. The first-order chi connectivity index (χ1) is 30.6. The Kier molecular flexibility index (Phi) is 44.7. The molecule has 2 unspecified atom stereocenters. The van der Waals surface area contributed by atoms with E-state index in [2.05, 4.69) is 38.2 Å². The third-order valence-corrected chi connectivity index (χ3v) is 11.7. The van der Waals surface area contributed by atoms with Crippen LogP contribution in [0.1, 0.15) is 245 Å². The standard InChI is InChI=1S/C54H101NO8/c1-6-8-10-12-14-16-18-20-22-24-25-26-27-29-31-33-35-37-39-41-43-45-52(57)63-50(49-62-54(53(58)59)60-47-46-55(3,4)5)48-61-51(56)44-42-40-38-36-34-32-30-28-23-21-19-17-15-13-11-9-7-2/h21,23-25,50,54H,6-20,22,26-49H2,1-5H3/b23-21-,25-24-. The van der Waals surface area contributed by atoms with Gasteiger partial charge < -0.3 is 33.3 Å². The monoisotopic (exact) mass is 892 g/mol. The number of carboxylic acid groups (broad SMARTS) is 1. The molecule has 0 aromatic heterocycles. The van der Waals surface area contributed by atoms with Crippen LogP contribution in [0.4, 0.5) is 0 Å². The summed E-state index contributed by atoms with van der Waals surface area (Å²) in [5, 5.41) is 11.7. The summed E-state index contributed by atoms with van der Waals surface area (Å²) >= 11 is 0. The molecule has 0 aliphatic rings. The number of hydrogen-bond acceptors (Lipinski definition) is 8. The number of esters is 2. The van der Waals surface area contributed by atoms with Crippen molar-refractivity contribution in [2.24, 2.45) is 0 Å². The lowest BCUT2D eigenvalue weighted by atomic mass is 10.1. The van der Waals surface area contributed by atoms with Crippen molar-refractivity contribution in [2.45, 2.75) is 257 Å². The number of aliphatic carboxylic acids is 1. The first kappa shape index (κ1) is 60.8. The molecule has 0 spiro atoms. The van der Waals surface area contributed by atoms with E-state index in [4.69, 9.17) is 18.9 Å². The minimum atomic E-state index is -1.62. The van der Waals surface area contributed by atoms with Gasteiger partial charge in [0.25, 0.3) is 0 Å². The Bertz CT molecular complexity index is 1090. The van der Waals surface area contributed by atoms with Gasteiger partial charge in [-0.1, -0.05) is 192 Å². The number of carbonyl (C=O) groups excluding carboxylic acids is 3. The molecule has 0 aromatic carbocycles. The highest BCUT2D eigenvalue weighted by molar-refractivity contribution is 5.70. The molecule has 0 aliphatic heterocycles. The first-order valence-corrected chi connectivity index (χ1v) is 26.5. The number of allylic oxidation sites excluding steroid dienone is 4. The van der Waals surface area contributed by atoms with Crippen molar-refractivity contribution >= 4 is 17.9 Å². The average molecular weight is 892 g/mol. The van der Waals surface area contributed by atoms with E-state index < -0.39 is 24.3 Å². The quantitative estimate of drug-likeness (QED) is 0.0195. The second-order valence-electron chi connectivity index (χ2n) is 19.2. The Hall–Kier alpha value is -2.23. The van der Waals surface area contributed by atoms with Gasteiger partial charge in [-0.3, -0.25) is 9.59 Å². The largest absolute Gasteiger partial charge is 0.545 e. The zero-order valence-electron chi connectivity index (χ0n) is 42.0. The molecular formula is C54H101NO8. The molecule has 2 atom stereocenters. The number of ether oxygens (including phenoxy) is 4.